The lowest BCUT2D eigenvalue weighted by molar-refractivity contribution is 0.0685. The van der Waals surface area contributed by atoms with Crippen LogP contribution in [-0.4, -0.2) is 34.4 Å². The number of benzene rings is 1. The Morgan fingerprint density at radius 2 is 2.09 bits per heavy atom. The number of hydrogen-bond donors (Lipinski definition) is 0. The molecule has 0 aliphatic carbocycles. The van der Waals surface area contributed by atoms with Crippen molar-refractivity contribution in [2.75, 3.05) is 13.1 Å². The Hall–Kier alpha value is -2.17. The first-order valence-corrected chi connectivity index (χ1v) is 7.58. The number of aromatic nitrogens is 1. The number of piperidine rings is 1. The number of nitrogens with zero attached hydrogens (tertiary/aromatic N) is 2. The van der Waals surface area contributed by atoms with Gasteiger partial charge in [0.25, 0.3) is 5.91 Å². The van der Waals surface area contributed by atoms with E-state index in [1.165, 1.54) is 29.8 Å². The molecule has 2 aromatic rings. The molecule has 0 radical (unpaired) electrons. The molecule has 1 unspecified atom stereocenters. The summed E-state index contributed by atoms with van der Waals surface area (Å²) >= 11 is 0. The van der Waals surface area contributed by atoms with Gasteiger partial charge >= 0.3 is 0 Å². The molecule has 116 valence electrons. The van der Waals surface area contributed by atoms with Crippen molar-refractivity contribution in [3.8, 4) is 0 Å². The van der Waals surface area contributed by atoms with Crippen LogP contribution < -0.4 is 0 Å². The van der Waals surface area contributed by atoms with Crippen LogP contribution in [0.15, 0.2) is 24.4 Å². The summed E-state index contributed by atoms with van der Waals surface area (Å²) in [6, 6.07) is 4.19. The lowest BCUT2D eigenvalue weighted by Gasteiger charge is -2.30. The fraction of sp³-hybridized carbons (Fsp3) is 0.412. The number of amides is 1. The molecule has 3 rings (SSSR count). The predicted molar refractivity (Wildman–Crippen MR) is 82.5 cm³/mol. The third-order valence-corrected chi connectivity index (χ3v) is 4.28. The highest BCUT2D eigenvalue weighted by atomic mass is 19.1. The van der Waals surface area contributed by atoms with Gasteiger partial charge in [0.05, 0.1) is 11.1 Å². The van der Waals surface area contributed by atoms with E-state index in [9.17, 15) is 14.0 Å². The van der Waals surface area contributed by atoms with Crippen molar-refractivity contribution in [3.63, 3.8) is 0 Å². The smallest absolute Gasteiger partial charge is 0.256 e. The maximum absolute atomic E-state index is 13.5. The van der Waals surface area contributed by atoms with Crippen LogP contribution in [0, 0.1) is 11.7 Å². The number of halogens is 1. The van der Waals surface area contributed by atoms with Crippen molar-refractivity contribution in [1.82, 2.24) is 9.47 Å². The molecule has 0 saturated carbocycles. The predicted octanol–water partition coefficient (Wildman–Crippen LogP) is 3.31. The summed E-state index contributed by atoms with van der Waals surface area (Å²) < 4.78 is 14.8. The van der Waals surface area contributed by atoms with Crippen LogP contribution in [0.5, 0.6) is 0 Å². The molecule has 2 heterocycles. The zero-order valence-corrected chi connectivity index (χ0v) is 12.8. The normalized spacial score (nSPS) is 18.7. The monoisotopic (exact) mass is 302 g/mol. The van der Waals surface area contributed by atoms with E-state index < -0.39 is 5.82 Å². The minimum Gasteiger partial charge on any atom is -0.338 e. The molecule has 1 saturated heterocycles. The molecule has 0 spiro atoms. The Balaban J connectivity index is 2.06. The number of carbonyl (C=O) groups is 2. The molecule has 1 aliphatic heterocycles. The second-order valence-electron chi connectivity index (χ2n) is 6.09. The highest BCUT2D eigenvalue weighted by Gasteiger charge is 2.25. The quantitative estimate of drug-likeness (QED) is 0.811. The summed E-state index contributed by atoms with van der Waals surface area (Å²) in [5.74, 6) is -0.250. The molecule has 1 amide bonds. The zero-order valence-electron chi connectivity index (χ0n) is 12.8. The van der Waals surface area contributed by atoms with Crippen LogP contribution in [0.1, 0.15) is 41.8 Å². The molecule has 1 aromatic heterocycles. The van der Waals surface area contributed by atoms with E-state index in [1.807, 2.05) is 4.90 Å². The van der Waals surface area contributed by atoms with Gasteiger partial charge in [-0.25, -0.2) is 4.39 Å². The van der Waals surface area contributed by atoms with E-state index in [0.29, 0.717) is 22.4 Å². The molecular weight excluding hydrogens is 283 g/mol. The topological polar surface area (TPSA) is 42.3 Å². The molecule has 1 aliphatic rings. The van der Waals surface area contributed by atoms with Crippen molar-refractivity contribution in [3.05, 3.63) is 35.8 Å². The molecule has 0 N–H and O–H groups in total. The second-order valence-corrected chi connectivity index (χ2v) is 6.09. The SMILES string of the molecule is CC(=O)n1cc(C(=O)N2CCCC(C)C2)c2ccc(F)cc21. The second kappa shape index (κ2) is 5.55. The largest absolute Gasteiger partial charge is 0.338 e. The van der Waals surface area contributed by atoms with E-state index in [1.54, 1.807) is 6.07 Å². The standard InChI is InChI=1S/C17H19FN2O2/c1-11-4-3-7-19(9-11)17(22)15-10-20(12(2)21)16-8-13(18)5-6-14(15)16/h5-6,8,10-11H,3-4,7,9H2,1-2H3. The maximum atomic E-state index is 13.5. The molecule has 22 heavy (non-hydrogen) atoms. The van der Waals surface area contributed by atoms with Crippen molar-refractivity contribution in [2.45, 2.75) is 26.7 Å². The lowest BCUT2D eigenvalue weighted by atomic mass is 9.99. The summed E-state index contributed by atoms with van der Waals surface area (Å²) in [7, 11) is 0. The van der Waals surface area contributed by atoms with Crippen molar-refractivity contribution < 1.29 is 14.0 Å². The first-order chi connectivity index (χ1) is 10.5. The van der Waals surface area contributed by atoms with Crippen molar-refractivity contribution >= 4 is 22.7 Å². The van der Waals surface area contributed by atoms with E-state index in [-0.39, 0.29) is 11.8 Å². The average molecular weight is 302 g/mol. The van der Waals surface area contributed by atoms with Gasteiger partial charge in [0.2, 0.25) is 5.91 Å². The van der Waals surface area contributed by atoms with Crippen LogP contribution in [0.4, 0.5) is 4.39 Å². The lowest BCUT2D eigenvalue weighted by Crippen LogP contribution is -2.39. The summed E-state index contributed by atoms with van der Waals surface area (Å²) in [5, 5.41) is 0.625. The first-order valence-electron chi connectivity index (χ1n) is 7.58. The van der Waals surface area contributed by atoms with Crippen LogP contribution in [-0.2, 0) is 0 Å². The van der Waals surface area contributed by atoms with Gasteiger partial charge in [0, 0.05) is 31.6 Å². The van der Waals surface area contributed by atoms with Gasteiger partial charge < -0.3 is 4.90 Å². The minimum atomic E-state index is -0.418. The molecule has 4 nitrogen and oxygen atoms in total. The van der Waals surface area contributed by atoms with Crippen LogP contribution in [0.2, 0.25) is 0 Å². The maximum Gasteiger partial charge on any atom is 0.256 e. The van der Waals surface area contributed by atoms with E-state index in [2.05, 4.69) is 6.92 Å². The number of fused-ring (bicyclic) bond motifs is 1. The van der Waals surface area contributed by atoms with Gasteiger partial charge in [-0.2, -0.15) is 0 Å². The van der Waals surface area contributed by atoms with Crippen LogP contribution in [0.25, 0.3) is 10.9 Å². The van der Waals surface area contributed by atoms with Gasteiger partial charge in [-0.05, 0) is 37.0 Å². The number of rotatable bonds is 1. The summed E-state index contributed by atoms with van der Waals surface area (Å²) in [6.07, 6.45) is 3.66. The third kappa shape index (κ3) is 2.51. The van der Waals surface area contributed by atoms with Gasteiger partial charge in [-0.15, -0.1) is 0 Å². The summed E-state index contributed by atoms with van der Waals surface area (Å²) in [6.45, 7) is 5.00. The third-order valence-electron chi connectivity index (χ3n) is 4.28. The highest BCUT2D eigenvalue weighted by Crippen LogP contribution is 2.26. The van der Waals surface area contributed by atoms with Gasteiger partial charge in [-0.3, -0.25) is 14.2 Å². The van der Waals surface area contributed by atoms with Gasteiger partial charge in [-0.1, -0.05) is 6.92 Å². The van der Waals surface area contributed by atoms with E-state index in [4.69, 9.17) is 0 Å². The zero-order chi connectivity index (χ0) is 15.9. The summed E-state index contributed by atoms with van der Waals surface area (Å²) in [4.78, 5) is 26.4. The van der Waals surface area contributed by atoms with Crippen LogP contribution in [0.3, 0.4) is 0 Å². The average Bonchev–Trinajstić information content (AvgIpc) is 2.85. The Bertz CT molecular complexity index is 750. The van der Waals surface area contributed by atoms with Gasteiger partial charge in [0.1, 0.15) is 5.82 Å². The number of likely N-dealkylation sites (tertiary alicyclic amines) is 1. The Morgan fingerprint density at radius 3 is 2.77 bits per heavy atom. The Kier molecular flexibility index (Phi) is 3.72. The minimum absolute atomic E-state index is 0.0804. The number of carbonyl (C=O) groups excluding carboxylic acids is 2. The van der Waals surface area contributed by atoms with Crippen molar-refractivity contribution in [2.24, 2.45) is 5.92 Å². The first kappa shape index (κ1) is 14.8. The molecular formula is C17H19FN2O2. The fourth-order valence-electron chi connectivity index (χ4n) is 3.18. The Labute approximate surface area is 128 Å². The molecule has 0 bridgehead atoms. The number of hydrogen-bond acceptors (Lipinski definition) is 2. The molecule has 1 aromatic carbocycles. The molecule has 1 atom stereocenters. The van der Waals surface area contributed by atoms with Gasteiger partial charge in [0.15, 0.2) is 0 Å². The van der Waals surface area contributed by atoms with Crippen molar-refractivity contribution in [1.29, 1.82) is 0 Å². The van der Waals surface area contributed by atoms with E-state index >= 15 is 0 Å². The Morgan fingerprint density at radius 1 is 1.32 bits per heavy atom. The summed E-state index contributed by atoms with van der Waals surface area (Å²) in [5.41, 5.74) is 0.917. The fourth-order valence-corrected chi connectivity index (χ4v) is 3.18. The van der Waals surface area contributed by atoms with E-state index in [0.717, 1.165) is 25.9 Å². The van der Waals surface area contributed by atoms with Crippen LogP contribution >= 0.6 is 0 Å². The molecule has 5 heteroatoms. The highest BCUT2D eigenvalue weighted by molar-refractivity contribution is 6.09. The molecule has 1 fully saturated rings.